The molecular weight excluding hydrogens is 150 g/mol. The molecule has 2 aliphatic rings. The van der Waals surface area contributed by atoms with Gasteiger partial charge < -0.3 is 9.64 Å². The summed E-state index contributed by atoms with van der Waals surface area (Å²) in [6, 6.07) is 0. The second-order valence-electron chi connectivity index (χ2n) is 4.07. The van der Waals surface area contributed by atoms with Gasteiger partial charge in [-0.15, -0.1) is 0 Å². The number of likely N-dealkylation sites (tertiary alicyclic amines) is 1. The third-order valence-electron chi connectivity index (χ3n) is 3.40. The average molecular weight is 169 g/mol. The minimum atomic E-state index is 0.311. The summed E-state index contributed by atoms with van der Waals surface area (Å²) >= 11 is 0. The molecule has 0 aliphatic carbocycles. The van der Waals surface area contributed by atoms with Gasteiger partial charge in [0.2, 0.25) is 0 Å². The standard InChI is InChI=1S/C10H19NO/c1-2-11-7-5-10(6-8-11)4-3-9-12-10/h2-9H2,1H3. The van der Waals surface area contributed by atoms with E-state index in [-0.39, 0.29) is 0 Å². The Bertz CT molecular complexity index is 142. The van der Waals surface area contributed by atoms with E-state index < -0.39 is 0 Å². The summed E-state index contributed by atoms with van der Waals surface area (Å²) in [5, 5.41) is 0. The number of piperidine rings is 1. The molecule has 70 valence electrons. The van der Waals surface area contributed by atoms with Crippen LogP contribution in [0.3, 0.4) is 0 Å². The summed E-state index contributed by atoms with van der Waals surface area (Å²) in [4.78, 5) is 2.52. The number of ether oxygens (including phenoxy) is 1. The highest BCUT2D eigenvalue weighted by Crippen LogP contribution is 2.35. The van der Waals surface area contributed by atoms with E-state index in [0.29, 0.717) is 5.60 Å². The molecule has 2 heteroatoms. The zero-order valence-electron chi connectivity index (χ0n) is 8.01. The summed E-state index contributed by atoms with van der Waals surface area (Å²) in [5.74, 6) is 0. The van der Waals surface area contributed by atoms with Crippen LogP contribution in [-0.2, 0) is 4.74 Å². The molecule has 0 radical (unpaired) electrons. The van der Waals surface area contributed by atoms with Crippen LogP contribution < -0.4 is 0 Å². The summed E-state index contributed by atoms with van der Waals surface area (Å²) in [6.45, 7) is 6.95. The van der Waals surface area contributed by atoms with Gasteiger partial charge >= 0.3 is 0 Å². The molecular formula is C10H19NO. The van der Waals surface area contributed by atoms with Crippen molar-refractivity contribution in [1.29, 1.82) is 0 Å². The third-order valence-corrected chi connectivity index (χ3v) is 3.40. The van der Waals surface area contributed by atoms with E-state index in [4.69, 9.17) is 4.74 Å². The molecule has 0 atom stereocenters. The van der Waals surface area contributed by atoms with E-state index in [9.17, 15) is 0 Å². The zero-order valence-corrected chi connectivity index (χ0v) is 8.01. The first kappa shape index (κ1) is 8.52. The lowest BCUT2D eigenvalue weighted by Gasteiger charge is -2.38. The first-order valence-corrected chi connectivity index (χ1v) is 5.21. The number of nitrogens with zero attached hydrogens (tertiary/aromatic N) is 1. The SMILES string of the molecule is CCN1CCC2(CCCO2)CC1. The maximum Gasteiger partial charge on any atom is 0.0707 e. The Morgan fingerprint density at radius 1 is 1.25 bits per heavy atom. The van der Waals surface area contributed by atoms with Crippen molar-refractivity contribution < 1.29 is 4.74 Å². The number of hydrogen-bond acceptors (Lipinski definition) is 2. The Morgan fingerprint density at radius 2 is 2.00 bits per heavy atom. The van der Waals surface area contributed by atoms with E-state index in [0.717, 1.165) is 6.61 Å². The van der Waals surface area contributed by atoms with Crippen LogP contribution in [0.4, 0.5) is 0 Å². The fourth-order valence-corrected chi connectivity index (χ4v) is 2.43. The normalized spacial score (nSPS) is 29.8. The van der Waals surface area contributed by atoms with E-state index in [1.54, 1.807) is 0 Å². The van der Waals surface area contributed by atoms with Gasteiger partial charge in [-0.25, -0.2) is 0 Å². The van der Waals surface area contributed by atoms with Crippen molar-refractivity contribution in [2.75, 3.05) is 26.2 Å². The van der Waals surface area contributed by atoms with Crippen LogP contribution in [0, 0.1) is 0 Å². The Morgan fingerprint density at radius 3 is 2.50 bits per heavy atom. The first-order valence-electron chi connectivity index (χ1n) is 5.21. The maximum atomic E-state index is 5.85. The predicted molar refractivity (Wildman–Crippen MR) is 49.3 cm³/mol. The molecule has 0 saturated carbocycles. The number of hydrogen-bond donors (Lipinski definition) is 0. The van der Waals surface area contributed by atoms with Gasteiger partial charge in [-0.2, -0.15) is 0 Å². The largest absolute Gasteiger partial charge is 0.375 e. The van der Waals surface area contributed by atoms with Gasteiger partial charge in [0, 0.05) is 19.7 Å². The molecule has 2 saturated heterocycles. The Hall–Kier alpha value is -0.0800. The summed E-state index contributed by atoms with van der Waals surface area (Å²) in [7, 11) is 0. The van der Waals surface area contributed by atoms with E-state index >= 15 is 0 Å². The molecule has 0 aromatic heterocycles. The van der Waals surface area contributed by atoms with Crippen molar-refractivity contribution in [2.45, 2.75) is 38.2 Å². The Kier molecular flexibility index (Phi) is 2.37. The van der Waals surface area contributed by atoms with Gasteiger partial charge in [0.25, 0.3) is 0 Å². The zero-order chi connectivity index (χ0) is 8.44. The quantitative estimate of drug-likeness (QED) is 0.592. The molecule has 1 spiro atoms. The van der Waals surface area contributed by atoms with Crippen LogP contribution in [0.2, 0.25) is 0 Å². The Balaban J connectivity index is 1.88. The molecule has 0 N–H and O–H groups in total. The summed E-state index contributed by atoms with van der Waals surface area (Å²) in [5.41, 5.74) is 0.311. The lowest BCUT2D eigenvalue weighted by atomic mass is 9.89. The second-order valence-corrected chi connectivity index (χ2v) is 4.07. The molecule has 0 unspecified atom stereocenters. The van der Waals surface area contributed by atoms with Crippen molar-refractivity contribution in [3.8, 4) is 0 Å². The highest BCUT2D eigenvalue weighted by Gasteiger charge is 2.37. The lowest BCUT2D eigenvalue weighted by molar-refractivity contribution is -0.0424. The van der Waals surface area contributed by atoms with Crippen LogP contribution in [0.25, 0.3) is 0 Å². The molecule has 0 bridgehead atoms. The summed E-state index contributed by atoms with van der Waals surface area (Å²) in [6.07, 6.45) is 5.12. The van der Waals surface area contributed by atoms with Gasteiger partial charge in [-0.3, -0.25) is 0 Å². The fourth-order valence-electron chi connectivity index (χ4n) is 2.43. The topological polar surface area (TPSA) is 12.5 Å². The van der Waals surface area contributed by atoms with E-state index in [2.05, 4.69) is 11.8 Å². The van der Waals surface area contributed by atoms with Crippen molar-refractivity contribution in [3.63, 3.8) is 0 Å². The lowest BCUT2D eigenvalue weighted by Crippen LogP contribution is -2.43. The van der Waals surface area contributed by atoms with Gasteiger partial charge in [0.05, 0.1) is 5.60 Å². The highest BCUT2D eigenvalue weighted by atomic mass is 16.5. The molecule has 12 heavy (non-hydrogen) atoms. The molecule has 2 fully saturated rings. The van der Waals surface area contributed by atoms with Gasteiger partial charge in [-0.1, -0.05) is 6.92 Å². The molecule has 2 aliphatic heterocycles. The van der Waals surface area contributed by atoms with Crippen LogP contribution in [0.5, 0.6) is 0 Å². The predicted octanol–water partition coefficient (Wildman–Crippen LogP) is 1.65. The third kappa shape index (κ3) is 1.50. The van der Waals surface area contributed by atoms with Gasteiger partial charge in [-0.05, 0) is 32.2 Å². The fraction of sp³-hybridized carbons (Fsp3) is 1.00. The van der Waals surface area contributed by atoms with Crippen molar-refractivity contribution >= 4 is 0 Å². The Labute approximate surface area is 74.9 Å². The smallest absolute Gasteiger partial charge is 0.0707 e. The average Bonchev–Trinajstić information content (AvgIpc) is 2.55. The maximum absolute atomic E-state index is 5.85. The second kappa shape index (κ2) is 3.35. The van der Waals surface area contributed by atoms with Crippen molar-refractivity contribution in [1.82, 2.24) is 4.90 Å². The molecule has 0 aromatic carbocycles. The molecule has 0 aromatic rings. The summed E-state index contributed by atoms with van der Waals surface area (Å²) < 4.78 is 5.85. The molecule has 2 nitrogen and oxygen atoms in total. The van der Waals surface area contributed by atoms with Crippen molar-refractivity contribution in [3.05, 3.63) is 0 Å². The minimum absolute atomic E-state index is 0.311. The highest BCUT2D eigenvalue weighted by molar-refractivity contribution is 4.90. The minimum Gasteiger partial charge on any atom is -0.375 e. The van der Waals surface area contributed by atoms with Crippen LogP contribution in [0.15, 0.2) is 0 Å². The van der Waals surface area contributed by atoms with Gasteiger partial charge in [0.1, 0.15) is 0 Å². The van der Waals surface area contributed by atoms with E-state index in [1.165, 1.54) is 45.3 Å². The van der Waals surface area contributed by atoms with Crippen LogP contribution in [-0.4, -0.2) is 36.7 Å². The van der Waals surface area contributed by atoms with Crippen LogP contribution in [0.1, 0.15) is 32.6 Å². The monoisotopic (exact) mass is 169 g/mol. The van der Waals surface area contributed by atoms with Crippen LogP contribution >= 0.6 is 0 Å². The number of rotatable bonds is 1. The molecule has 2 rings (SSSR count). The van der Waals surface area contributed by atoms with Gasteiger partial charge in [0.15, 0.2) is 0 Å². The molecule has 2 heterocycles. The van der Waals surface area contributed by atoms with Crippen molar-refractivity contribution in [2.24, 2.45) is 0 Å². The molecule has 0 amide bonds. The van der Waals surface area contributed by atoms with E-state index in [1.807, 2.05) is 0 Å². The first-order chi connectivity index (χ1) is 5.85.